The minimum Gasteiger partial charge on any atom is -0.484 e. The van der Waals surface area contributed by atoms with Crippen molar-refractivity contribution in [2.24, 2.45) is 0 Å². The van der Waals surface area contributed by atoms with Gasteiger partial charge in [-0.05, 0) is 62.7 Å². The summed E-state index contributed by atoms with van der Waals surface area (Å²) in [4.78, 5) is 12.1. The van der Waals surface area contributed by atoms with E-state index < -0.39 is 10.0 Å². The van der Waals surface area contributed by atoms with Gasteiger partial charge >= 0.3 is 0 Å². The van der Waals surface area contributed by atoms with Crippen molar-refractivity contribution in [3.8, 4) is 5.75 Å². The molecule has 6 nitrogen and oxygen atoms in total. The summed E-state index contributed by atoms with van der Waals surface area (Å²) in [6.45, 7) is 5.04. The number of carbonyl (C=O) groups excluding carboxylic acids is 1. The predicted molar refractivity (Wildman–Crippen MR) is 100 cm³/mol. The second kappa shape index (κ2) is 8.96. The van der Waals surface area contributed by atoms with Gasteiger partial charge in [0.15, 0.2) is 6.61 Å². The van der Waals surface area contributed by atoms with Crippen molar-refractivity contribution in [3.05, 3.63) is 59.9 Å². The Bertz CT molecular complexity index is 866. The Hall–Kier alpha value is -2.45. The van der Waals surface area contributed by atoms with Crippen LogP contribution >= 0.6 is 0 Å². The summed E-state index contributed by atoms with van der Waals surface area (Å²) in [7, 11) is -3.57. The molecule has 0 bridgehead atoms. The topological polar surface area (TPSA) is 84.5 Å². The molecule has 146 valence electrons. The van der Waals surface area contributed by atoms with E-state index in [1.54, 1.807) is 32.9 Å². The summed E-state index contributed by atoms with van der Waals surface area (Å²) in [5.74, 6) is -0.303. The molecule has 0 saturated carbocycles. The Labute approximate surface area is 158 Å². The summed E-state index contributed by atoms with van der Waals surface area (Å²) in [6.07, 6.45) is 0. The monoisotopic (exact) mass is 394 g/mol. The van der Waals surface area contributed by atoms with Crippen molar-refractivity contribution >= 4 is 15.9 Å². The first-order chi connectivity index (χ1) is 12.7. The molecule has 0 heterocycles. The fourth-order valence-electron chi connectivity index (χ4n) is 2.36. The lowest BCUT2D eigenvalue weighted by Gasteiger charge is -2.15. The van der Waals surface area contributed by atoms with Gasteiger partial charge in [-0.15, -0.1) is 0 Å². The van der Waals surface area contributed by atoms with Crippen LogP contribution in [0.15, 0.2) is 53.4 Å². The van der Waals surface area contributed by atoms with Crippen LogP contribution in [0.3, 0.4) is 0 Å². The molecule has 0 aliphatic rings. The Balaban J connectivity index is 1.89. The molecular weight excluding hydrogens is 371 g/mol. The van der Waals surface area contributed by atoms with Gasteiger partial charge < -0.3 is 10.1 Å². The number of sulfonamides is 1. The highest BCUT2D eigenvalue weighted by Crippen LogP contribution is 2.17. The highest BCUT2D eigenvalue weighted by Gasteiger charge is 2.15. The van der Waals surface area contributed by atoms with E-state index in [0.717, 1.165) is 5.56 Å². The van der Waals surface area contributed by atoms with Crippen LogP contribution in [0, 0.1) is 5.82 Å². The zero-order valence-corrected chi connectivity index (χ0v) is 16.2. The summed E-state index contributed by atoms with van der Waals surface area (Å²) >= 11 is 0. The SMILES string of the molecule is CC(C)NS(=O)(=O)c1ccc(OCC(=O)N[C@H](C)c2ccc(F)cc2)cc1. The van der Waals surface area contributed by atoms with Gasteiger partial charge in [-0.25, -0.2) is 17.5 Å². The van der Waals surface area contributed by atoms with Crippen LogP contribution in [0.4, 0.5) is 4.39 Å². The highest BCUT2D eigenvalue weighted by molar-refractivity contribution is 7.89. The smallest absolute Gasteiger partial charge is 0.258 e. The summed E-state index contributed by atoms with van der Waals surface area (Å²) in [6, 6.07) is 11.2. The molecule has 0 radical (unpaired) electrons. The first-order valence-corrected chi connectivity index (χ1v) is 9.96. The third kappa shape index (κ3) is 6.33. The van der Waals surface area contributed by atoms with Gasteiger partial charge in [0.1, 0.15) is 11.6 Å². The molecule has 0 aliphatic heterocycles. The van der Waals surface area contributed by atoms with E-state index in [1.807, 2.05) is 0 Å². The second-order valence-corrected chi connectivity index (χ2v) is 8.09. The maximum absolute atomic E-state index is 12.9. The van der Waals surface area contributed by atoms with Gasteiger partial charge in [-0.3, -0.25) is 4.79 Å². The first kappa shape index (κ1) is 20.9. The fraction of sp³-hybridized carbons (Fsp3) is 0.316. The van der Waals surface area contributed by atoms with Crippen molar-refractivity contribution in [2.45, 2.75) is 37.8 Å². The largest absolute Gasteiger partial charge is 0.484 e. The molecule has 0 unspecified atom stereocenters. The quantitative estimate of drug-likeness (QED) is 0.721. The number of hydrogen-bond acceptors (Lipinski definition) is 4. The van der Waals surface area contributed by atoms with E-state index in [-0.39, 0.29) is 35.3 Å². The molecule has 1 amide bonds. The van der Waals surface area contributed by atoms with Crippen LogP contribution in [0.25, 0.3) is 0 Å². The van der Waals surface area contributed by atoms with Crippen LogP contribution in [0.2, 0.25) is 0 Å². The molecule has 0 fully saturated rings. The number of amides is 1. The van der Waals surface area contributed by atoms with Crippen molar-refractivity contribution in [3.63, 3.8) is 0 Å². The maximum atomic E-state index is 12.9. The zero-order valence-electron chi connectivity index (χ0n) is 15.4. The lowest BCUT2D eigenvalue weighted by atomic mass is 10.1. The molecule has 0 saturated heterocycles. The highest BCUT2D eigenvalue weighted by atomic mass is 32.2. The van der Waals surface area contributed by atoms with E-state index >= 15 is 0 Å². The molecule has 0 spiro atoms. The number of halogens is 1. The van der Waals surface area contributed by atoms with Gasteiger partial charge in [0.2, 0.25) is 10.0 Å². The van der Waals surface area contributed by atoms with E-state index in [9.17, 15) is 17.6 Å². The van der Waals surface area contributed by atoms with Gasteiger partial charge in [0.25, 0.3) is 5.91 Å². The van der Waals surface area contributed by atoms with Gasteiger partial charge in [-0.1, -0.05) is 12.1 Å². The number of benzene rings is 2. The van der Waals surface area contributed by atoms with Crippen LogP contribution in [-0.2, 0) is 14.8 Å². The van der Waals surface area contributed by atoms with E-state index in [4.69, 9.17) is 4.74 Å². The standard InChI is InChI=1S/C19H23FN2O4S/c1-13(2)22-27(24,25)18-10-8-17(9-11-18)26-12-19(23)21-14(3)15-4-6-16(20)7-5-15/h4-11,13-14,22H,12H2,1-3H3,(H,21,23)/t14-/m1/s1. The van der Waals surface area contributed by atoms with Gasteiger partial charge in [-0.2, -0.15) is 0 Å². The van der Waals surface area contributed by atoms with Gasteiger partial charge in [0, 0.05) is 6.04 Å². The van der Waals surface area contributed by atoms with Crippen LogP contribution in [0.5, 0.6) is 5.75 Å². The average molecular weight is 394 g/mol. The number of rotatable bonds is 8. The van der Waals surface area contributed by atoms with Crippen molar-refractivity contribution in [1.29, 1.82) is 0 Å². The summed E-state index contributed by atoms with van der Waals surface area (Å²) in [5, 5.41) is 2.75. The first-order valence-electron chi connectivity index (χ1n) is 8.47. The molecule has 27 heavy (non-hydrogen) atoms. The van der Waals surface area contributed by atoms with Crippen molar-refractivity contribution in [2.75, 3.05) is 6.61 Å². The van der Waals surface area contributed by atoms with E-state index in [2.05, 4.69) is 10.0 Å². The predicted octanol–water partition coefficient (Wildman–Crippen LogP) is 2.77. The van der Waals surface area contributed by atoms with Crippen molar-refractivity contribution in [1.82, 2.24) is 10.0 Å². The molecule has 0 aromatic heterocycles. The average Bonchev–Trinajstić information content (AvgIpc) is 2.60. The second-order valence-electron chi connectivity index (χ2n) is 6.38. The minimum absolute atomic E-state index is 0.123. The van der Waals surface area contributed by atoms with E-state index in [0.29, 0.717) is 5.75 Å². The Morgan fingerprint density at radius 2 is 1.63 bits per heavy atom. The molecule has 1 atom stereocenters. The number of carbonyl (C=O) groups is 1. The van der Waals surface area contributed by atoms with Crippen LogP contribution in [-0.4, -0.2) is 27.0 Å². The summed E-state index contributed by atoms with van der Waals surface area (Å²) in [5.41, 5.74) is 0.775. The van der Waals surface area contributed by atoms with Crippen LogP contribution in [0.1, 0.15) is 32.4 Å². The number of hydrogen-bond donors (Lipinski definition) is 2. The third-order valence-corrected chi connectivity index (χ3v) is 5.32. The Morgan fingerprint density at radius 3 is 2.19 bits per heavy atom. The lowest BCUT2D eigenvalue weighted by molar-refractivity contribution is -0.123. The maximum Gasteiger partial charge on any atom is 0.258 e. The number of ether oxygens (including phenoxy) is 1. The summed E-state index contributed by atoms with van der Waals surface area (Å²) < 4.78 is 44.9. The molecule has 2 aromatic rings. The van der Waals surface area contributed by atoms with Crippen LogP contribution < -0.4 is 14.8 Å². The third-order valence-electron chi connectivity index (χ3n) is 3.64. The molecular formula is C19H23FN2O4S. The Morgan fingerprint density at radius 1 is 1.04 bits per heavy atom. The van der Waals surface area contributed by atoms with Gasteiger partial charge in [0.05, 0.1) is 10.9 Å². The Kier molecular flexibility index (Phi) is 6.92. The lowest BCUT2D eigenvalue weighted by Crippen LogP contribution is -2.31. The molecule has 2 aromatic carbocycles. The minimum atomic E-state index is -3.57. The fourth-order valence-corrected chi connectivity index (χ4v) is 3.61. The number of nitrogens with one attached hydrogen (secondary N) is 2. The molecule has 0 aliphatic carbocycles. The van der Waals surface area contributed by atoms with E-state index in [1.165, 1.54) is 36.4 Å². The normalized spacial score (nSPS) is 12.6. The molecule has 2 N–H and O–H groups in total. The zero-order chi connectivity index (χ0) is 20.0. The van der Waals surface area contributed by atoms with Crippen molar-refractivity contribution < 1.29 is 22.3 Å². The molecule has 8 heteroatoms. The molecule has 2 rings (SSSR count).